The maximum absolute atomic E-state index is 13.4. The normalized spacial score (nSPS) is 10.6. The Morgan fingerprint density at radius 3 is 0.179 bits per heavy atom. The van der Waals surface area contributed by atoms with Crippen molar-refractivity contribution in [2.75, 3.05) is 0 Å². The average Bonchev–Trinajstić information content (AvgIpc) is 0.775. The molecule has 0 amide bonds. The third kappa shape index (κ3) is 14.7. The van der Waals surface area contributed by atoms with E-state index < -0.39 is 285 Å². The maximum Gasteiger partial charge on any atom is 0.631 e. The van der Waals surface area contributed by atoms with E-state index in [9.17, 15) is 176 Å². The maximum atomic E-state index is 13.4. The van der Waals surface area contributed by atoms with E-state index in [1.807, 2.05) is 0 Å². The lowest BCUT2D eigenvalue weighted by Gasteiger charge is -2.11. The van der Waals surface area contributed by atoms with Crippen LogP contribution < -0.4 is 18.5 Å². The summed E-state index contributed by atoms with van der Waals surface area (Å²) in [6, 6.07) is 0. The van der Waals surface area contributed by atoms with Crippen LogP contribution in [0.25, 0.3) is 44.5 Å². The summed E-state index contributed by atoms with van der Waals surface area (Å²) in [6.07, 6.45) is 0. The molecule has 8 rings (SSSR count). The van der Waals surface area contributed by atoms with Gasteiger partial charge in [-0.2, -0.15) is 0 Å². The van der Waals surface area contributed by atoms with Gasteiger partial charge in [0.1, 0.15) is 0 Å². The molecule has 12 N–H and O–H groups in total. The molecule has 6 nitrogen and oxygen atoms in total. The molecule has 0 unspecified atom stereocenters. The molecule has 0 aromatic heterocycles. The first kappa shape index (κ1) is 83.8. The quantitative estimate of drug-likeness (QED) is 0.0444. The van der Waals surface area contributed by atoms with E-state index in [1.54, 1.807) is 0 Å². The molecule has 0 spiro atoms. The van der Waals surface area contributed by atoms with E-state index in [2.05, 4.69) is 0 Å². The van der Waals surface area contributed by atoms with Gasteiger partial charge in [-0.1, -0.05) is 0 Å². The Morgan fingerprint density at radius 1 is 0.105 bits per heavy atom. The Kier molecular flexibility index (Phi) is 27.7. The molecule has 0 radical (unpaired) electrons. The van der Waals surface area contributed by atoms with Crippen molar-refractivity contribution in [3.05, 3.63) is 233 Å². The number of benzene rings is 8. The predicted molar refractivity (Wildman–Crippen MR) is 233 cm³/mol. The Bertz CT molecular complexity index is 3320. The minimum Gasteiger partial charge on any atom is -0.402 e. The van der Waals surface area contributed by atoms with Gasteiger partial charge >= 0.3 is 7.32 Å². The molecule has 520 valence electrons. The predicted octanol–water partition coefficient (Wildman–Crippen LogP) is 17.4. The lowest BCUT2D eigenvalue weighted by molar-refractivity contribution is 0.278. The molecule has 0 fully saturated rings. The first-order valence-electron chi connectivity index (χ1n) is 21.3. The van der Waals surface area contributed by atoms with Gasteiger partial charge in [-0.3, -0.25) is 0 Å². The summed E-state index contributed by atoms with van der Waals surface area (Å²) in [5, 5.41) is 21.5. The molecule has 0 saturated carbocycles. The Labute approximate surface area is 493 Å². The SMILES string of the molecule is Fc1c(F)c(F)c(-c2c(F)c(F)c(F)c(F)c2F)c(F)c1F.Fc1c(F)c(F)c(-c2c(F)c(F)c(F)c(F)c2F)c(F)c1F.Fc1c(F)c(F)c(-c2c(F)c(F)c(F)c(F)c2F)c(F)c1F.Fc1c(F)c(F)c(-c2c(F)c(F)c(F)c(F)c2F)c(F)c1F.N.N.N.OB(O)O. The van der Waals surface area contributed by atoms with Crippen LogP contribution in [0, 0.1) is 233 Å². The van der Waals surface area contributed by atoms with Crippen molar-refractivity contribution in [1.29, 1.82) is 0 Å². The van der Waals surface area contributed by atoms with E-state index in [1.165, 1.54) is 0 Å². The van der Waals surface area contributed by atoms with Crippen LogP contribution in [-0.4, -0.2) is 22.4 Å². The van der Waals surface area contributed by atoms with Crippen LogP contribution in [0.1, 0.15) is 0 Å². The zero-order valence-corrected chi connectivity index (χ0v) is 43.2. The standard InChI is InChI=1S/4C12F10.BH3O3.3H3N/c4*13-3-1(4(14)8(18)11(21)7(3)17)2-5(15)9(19)12(22)10(20)6(2)16;2-1(3)4;;;/h;;;;2-4H;3*1H3. The second kappa shape index (κ2) is 31.4. The van der Waals surface area contributed by atoms with Gasteiger partial charge in [-0.15, -0.1) is 0 Å². The minimum atomic E-state index is -2.68. The van der Waals surface area contributed by atoms with Crippen molar-refractivity contribution in [3.8, 4) is 44.5 Å². The number of hydrogen-bond acceptors (Lipinski definition) is 6. The second-order valence-electron chi connectivity index (χ2n) is 15.9. The molecular formula is C48H12BF40N3O3. The van der Waals surface area contributed by atoms with Crippen molar-refractivity contribution < 1.29 is 191 Å². The number of halogens is 40. The smallest absolute Gasteiger partial charge is 0.402 e. The van der Waals surface area contributed by atoms with E-state index in [-0.39, 0.29) is 18.5 Å². The number of rotatable bonds is 4. The highest BCUT2D eigenvalue weighted by Crippen LogP contribution is 2.42. The summed E-state index contributed by atoms with van der Waals surface area (Å²) >= 11 is 0. The lowest BCUT2D eigenvalue weighted by atomic mass is 10.0. The summed E-state index contributed by atoms with van der Waals surface area (Å²) in [7, 11) is -2.17. The van der Waals surface area contributed by atoms with Gasteiger partial charge in [0.05, 0.1) is 44.5 Å². The molecule has 0 heterocycles. The van der Waals surface area contributed by atoms with Crippen molar-refractivity contribution in [2.45, 2.75) is 0 Å². The fourth-order valence-corrected chi connectivity index (χ4v) is 6.60. The molecule has 0 aliphatic rings. The van der Waals surface area contributed by atoms with Crippen LogP contribution in [-0.2, 0) is 0 Å². The van der Waals surface area contributed by atoms with Crippen LogP contribution in [0.3, 0.4) is 0 Å². The van der Waals surface area contributed by atoms with Crippen LogP contribution in [0.5, 0.6) is 0 Å². The highest BCUT2D eigenvalue weighted by atomic mass is 19.2. The Hall–Kier alpha value is -9.22. The molecule has 47 heteroatoms. The summed E-state index contributed by atoms with van der Waals surface area (Å²) in [5.41, 5.74) is -18.1. The summed E-state index contributed by atoms with van der Waals surface area (Å²) in [6.45, 7) is 0. The molecule has 95 heavy (non-hydrogen) atoms. The molecule has 8 aromatic rings. The lowest BCUT2D eigenvalue weighted by Crippen LogP contribution is -2.10. The van der Waals surface area contributed by atoms with Crippen LogP contribution in [0.15, 0.2) is 0 Å². The molecule has 8 aromatic carbocycles. The monoisotopic (exact) mass is 1450 g/mol. The van der Waals surface area contributed by atoms with Crippen LogP contribution in [0.2, 0.25) is 0 Å². The van der Waals surface area contributed by atoms with Gasteiger partial charge in [-0.05, 0) is 0 Å². The third-order valence-electron chi connectivity index (χ3n) is 10.7. The summed E-state index contributed by atoms with van der Waals surface area (Å²) in [5.74, 6) is -107. The fraction of sp³-hybridized carbons (Fsp3) is 0. The van der Waals surface area contributed by atoms with Gasteiger partial charge < -0.3 is 33.5 Å². The van der Waals surface area contributed by atoms with E-state index >= 15 is 0 Å². The van der Waals surface area contributed by atoms with E-state index in [0.29, 0.717) is 0 Å². The first-order valence-corrected chi connectivity index (χ1v) is 21.3. The van der Waals surface area contributed by atoms with Gasteiger partial charge in [-0.25, -0.2) is 176 Å². The topological polar surface area (TPSA) is 166 Å². The molecule has 0 aliphatic carbocycles. The minimum absolute atomic E-state index is 0. The van der Waals surface area contributed by atoms with Crippen LogP contribution in [0.4, 0.5) is 176 Å². The van der Waals surface area contributed by atoms with Gasteiger partial charge in [0.15, 0.2) is 186 Å². The largest absolute Gasteiger partial charge is 0.631 e. The fourth-order valence-electron chi connectivity index (χ4n) is 6.60. The Balaban J connectivity index is 0.000000614. The van der Waals surface area contributed by atoms with Gasteiger partial charge in [0.2, 0.25) is 46.5 Å². The van der Waals surface area contributed by atoms with Gasteiger partial charge in [0.25, 0.3) is 0 Å². The zero-order valence-electron chi connectivity index (χ0n) is 43.2. The Morgan fingerprint density at radius 2 is 0.137 bits per heavy atom. The van der Waals surface area contributed by atoms with Crippen molar-refractivity contribution >= 4 is 7.32 Å². The molecular weight excluding hydrogens is 1440 g/mol. The first-order chi connectivity index (χ1) is 42.2. The van der Waals surface area contributed by atoms with Crippen LogP contribution >= 0.6 is 0 Å². The summed E-state index contributed by atoms with van der Waals surface area (Å²) < 4.78 is 525. The molecule has 0 aliphatic heterocycles. The molecule has 0 bridgehead atoms. The van der Waals surface area contributed by atoms with Crippen molar-refractivity contribution in [1.82, 2.24) is 18.5 Å². The highest BCUT2D eigenvalue weighted by molar-refractivity contribution is 6.30. The molecule has 0 saturated heterocycles. The van der Waals surface area contributed by atoms with Gasteiger partial charge in [0, 0.05) is 0 Å². The highest BCUT2D eigenvalue weighted by Gasteiger charge is 2.39. The van der Waals surface area contributed by atoms with E-state index in [4.69, 9.17) is 15.1 Å². The van der Waals surface area contributed by atoms with Crippen molar-refractivity contribution in [3.63, 3.8) is 0 Å². The zero-order chi connectivity index (χ0) is 71.3. The summed E-state index contributed by atoms with van der Waals surface area (Å²) in [4.78, 5) is 0. The number of hydrogen-bond donors (Lipinski definition) is 6. The van der Waals surface area contributed by atoms with Crippen molar-refractivity contribution in [2.24, 2.45) is 0 Å². The third-order valence-corrected chi connectivity index (χ3v) is 10.7. The second-order valence-corrected chi connectivity index (χ2v) is 15.9. The molecule has 0 atom stereocenters. The average molecular weight is 1450 g/mol. The van der Waals surface area contributed by atoms with E-state index in [0.717, 1.165) is 0 Å².